The number of benzene rings is 2. The number of hydrogen-bond donors (Lipinski definition) is 1. The lowest BCUT2D eigenvalue weighted by Gasteiger charge is -2.11. The van der Waals surface area contributed by atoms with Gasteiger partial charge in [0, 0.05) is 17.3 Å². The number of ether oxygens (including phenoxy) is 2. The van der Waals surface area contributed by atoms with Crippen molar-refractivity contribution in [3.8, 4) is 11.5 Å². The predicted molar refractivity (Wildman–Crippen MR) is 106 cm³/mol. The first-order valence-electron chi connectivity index (χ1n) is 8.43. The van der Waals surface area contributed by atoms with Crippen LogP contribution in [-0.2, 0) is 12.5 Å². The van der Waals surface area contributed by atoms with Gasteiger partial charge in [-0.15, -0.1) is 0 Å². The highest BCUT2D eigenvalue weighted by Crippen LogP contribution is 2.35. The molecule has 0 atom stereocenters. The average Bonchev–Trinajstić information content (AvgIpc) is 3.08. The Hall–Kier alpha value is -2.77. The van der Waals surface area contributed by atoms with Crippen LogP contribution < -0.4 is 9.47 Å². The molecule has 0 aliphatic carbocycles. The molecular formula is C20H19N3O3S. The molecule has 0 radical (unpaired) electrons. The summed E-state index contributed by atoms with van der Waals surface area (Å²) in [6.45, 7) is -0.114. The summed E-state index contributed by atoms with van der Waals surface area (Å²) in [4.78, 5) is 9.18. The van der Waals surface area contributed by atoms with E-state index in [2.05, 4.69) is 9.97 Å². The lowest BCUT2D eigenvalue weighted by molar-refractivity contribution is 0.205. The standard InChI is InChI=1S/C20H19N3O3S/c1-25-18-9-13-7-8-21-16(14(13)10-19(18)26-2)11-27-20-22-15-5-3-4-6-17(15)23(20)12-24/h3-10,24H,11-12H2,1-2H3. The molecule has 0 bridgehead atoms. The van der Waals surface area contributed by atoms with Crippen molar-refractivity contribution in [2.24, 2.45) is 0 Å². The monoisotopic (exact) mass is 381 g/mol. The summed E-state index contributed by atoms with van der Waals surface area (Å²) in [5.74, 6) is 1.99. The molecule has 1 N–H and O–H groups in total. The Morgan fingerprint density at radius 3 is 2.63 bits per heavy atom. The van der Waals surface area contributed by atoms with E-state index in [4.69, 9.17) is 9.47 Å². The minimum Gasteiger partial charge on any atom is -0.493 e. The van der Waals surface area contributed by atoms with Crippen molar-refractivity contribution in [3.05, 3.63) is 54.4 Å². The zero-order valence-corrected chi connectivity index (χ0v) is 15.9. The van der Waals surface area contributed by atoms with E-state index in [0.29, 0.717) is 17.3 Å². The van der Waals surface area contributed by atoms with Gasteiger partial charge in [-0.05, 0) is 35.7 Å². The number of aliphatic hydroxyl groups is 1. The molecule has 2 heterocycles. The maximum absolute atomic E-state index is 9.76. The number of rotatable bonds is 6. The minimum absolute atomic E-state index is 0.114. The van der Waals surface area contributed by atoms with E-state index in [9.17, 15) is 5.11 Å². The van der Waals surface area contributed by atoms with Crippen LogP contribution in [0.25, 0.3) is 21.8 Å². The van der Waals surface area contributed by atoms with Crippen molar-refractivity contribution < 1.29 is 14.6 Å². The van der Waals surface area contributed by atoms with Gasteiger partial charge in [0.2, 0.25) is 0 Å². The normalized spacial score (nSPS) is 11.2. The van der Waals surface area contributed by atoms with Gasteiger partial charge in [0.05, 0.1) is 30.9 Å². The molecule has 0 fully saturated rings. The van der Waals surface area contributed by atoms with E-state index in [1.165, 1.54) is 0 Å². The molecule has 0 unspecified atom stereocenters. The van der Waals surface area contributed by atoms with Crippen molar-refractivity contribution in [2.45, 2.75) is 17.6 Å². The Morgan fingerprint density at radius 1 is 1.07 bits per heavy atom. The summed E-state index contributed by atoms with van der Waals surface area (Å²) in [6, 6.07) is 13.6. The van der Waals surface area contributed by atoms with E-state index in [1.807, 2.05) is 42.5 Å². The second kappa shape index (κ2) is 7.46. The number of aromatic nitrogens is 3. The molecule has 0 amide bonds. The number of aliphatic hydroxyl groups excluding tert-OH is 1. The summed E-state index contributed by atoms with van der Waals surface area (Å²) in [5.41, 5.74) is 2.71. The van der Waals surface area contributed by atoms with Gasteiger partial charge in [0.15, 0.2) is 16.7 Å². The average molecular weight is 381 g/mol. The second-order valence-corrected chi connectivity index (χ2v) is 6.87. The van der Waals surface area contributed by atoms with Crippen LogP contribution in [0.5, 0.6) is 11.5 Å². The molecule has 2 aromatic carbocycles. The summed E-state index contributed by atoms with van der Waals surface area (Å²) < 4.78 is 12.6. The smallest absolute Gasteiger partial charge is 0.171 e. The highest BCUT2D eigenvalue weighted by molar-refractivity contribution is 7.98. The highest BCUT2D eigenvalue weighted by Gasteiger charge is 2.13. The number of hydrogen-bond acceptors (Lipinski definition) is 6. The lowest BCUT2D eigenvalue weighted by atomic mass is 10.1. The molecule has 7 heteroatoms. The molecule has 0 saturated carbocycles. The summed E-state index contributed by atoms with van der Waals surface area (Å²) >= 11 is 1.55. The van der Waals surface area contributed by atoms with Crippen LogP contribution in [0.4, 0.5) is 0 Å². The van der Waals surface area contributed by atoms with Gasteiger partial charge in [-0.1, -0.05) is 23.9 Å². The Kier molecular flexibility index (Phi) is 4.87. The second-order valence-electron chi connectivity index (χ2n) is 5.93. The largest absolute Gasteiger partial charge is 0.493 e. The molecule has 0 aliphatic rings. The number of nitrogens with zero attached hydrogens (tertiary/aromatic N) is 3. The molecule has 4 aromatic rings. The molecule has 6 nitrogen and oxygen atoms in total. The maximum atomic E-state index is 9.76. The lowest BCUT2D eigenvalue weighted by Crippen LogP contribution is -1.99. The first-order chi connectivity index (χ1) is 13.2. The third-order valence-corrected chi connectivity index (χ3v) is 5.44. The molecule has 0 aliphatic heterocycles. The molecule has 0 spiro atoms. The van der Waals surface area contributed by atoms with Crippen LogP contribution in [-0.4, -0.2) is 33.9 Å². The quantitative estimate of drug-likeness (QED) is 0.512. The van der Waals surface area contributed by atoms with Gasteiger partial charge in [-0.2, -0.15) is 0 Å². The zero-order valence-electron chi connectivity index (χ0n) is 15.0. The van der Waals surface area contributed by atoms with E-state index >= 15 is 0 Å². The van der Waals surface area contributed by atoms with Gasteiger partial charge in [-0.3, -0.25) is 9.55 Å². The third-order valence-electron chi connectivity index (χ3n) is 4.45. The van der Waals surface area contributed by atoms with Gasteiger partial charge in [-0.25, -0.2) is 4.98 Å². The van der Waals surface area contributed by atoms with E-state index in [1.54, 1.807) is 36.7 Å². The molecular weight excluding hydrogens is 362 g/mol. The highest BCUT2D eigenvalue weighted by atomic mass is 32.2. The number of fused-ring (bicyclic) bond motifs is 2. The van der Waals surface area contributed by atoms with Crippen LogP contribution in [0.3, 0.4) is 0 Å². The minimum atomic E-state index is -0.114. The molecule has 2 aromatic heterocycles. The van der Waals surface area contributed by atoms with Crippen molar-refractivity contribution in [2.75, 3.05) is 14.2 Å². The topological polar surface area (TPSA) is 69.4 Å². The molecule has 27 heavy (non-hydrogen) atoms. The fourth-order valence-electron chi connectivity index (χ4n) is 3.11. The van der Waals surface area contributed by atoms with Crippen LogP contribution in [0.15, 0.2) is 53.8 Å². The number of imidazole rings is 1. The van der Waals surface area contributed by atoms with Gasteiger partial charge in [0.25, 0.3) is 0 Å². The van der Waals surface area contributed by atoms with Gasteiger partial charge >= 0.3 is 0 Å². The first-order valence-corrected chi connectivity index (χ1v) is 9.42. The Bertz CT molecular complexity index is 1110. The van der Waals surface area contributed by atoms with Crippen LogP contribution >= 0.6 is 11.8 Å². The number of pyridine rings is 1. The van der Waals surface area contributed by atoms with E-state index in [0.717, 1.165) is 32.7 Å². The fraction of sp³-hybridized carbons (Fsp3) is 0.200. The Balaban J connectivity index is 1.70. The van der Waals surface area contributed by atoms with Crippen LogP contribution in [0.2, 0.25) is 0 Å². The number of para-hydroxylation sites is 2. The number of thioether (sulfide) groups is 1. The van der Waals surface area contributed by atoms with Gasteiger partial charge in [0.1, 0.15) is 6.73 Å². The first kappa shape index (κ1) is 17.6. The fourth-order valence-corrected chi connectivity index (χ4v) is 4.08. The summed E-state index contributed by atoms with van der Waals surface area (Å²) in [5, 5.41) is 12.6. The molecule has 0 saturated heterocycles. The number of methoxy groups -OCH3 is 2. The summed E-state index contributed by atoms with van der Waals surface area (Å²) in [7, 11) is 3.25. The van der Waals surface area contributed by atoms with Crippen LogP contribution in [0.1, 0.15) is 5.69 Å². The Labute approximate surface area is 160 Å². The third kappa shape index (κ3) is 3.20. The van der Waals surface area contributed by atoms with Gasteiger partial charge < -0.3 is 14.6 Å². The predicted octanol–water partition coefficient (Wildman–Crippen LogP) is 3.84. The molecule has 4 rings (SSSR count). The van der Waals surface area contributed by atoms with Crippen molar-refractivity contribution in [3.63, 3.8) is 0 Å². The van der Waals surface area contributed by atoms with Crippen molar-refractivity contribution in [1.29, 1.82) is 0 Å². The SMILES string of the molecule is COc1cc2ccnc(CSc3nc4ccccc4n3CO)c2cc1OC. The van der Waals surface area contributed by atoms with Crippen molar-refractivity contribution >= 4 is 33.6 Å². The summed E-state index contributed by atoms with van der Waals surface area (Å²) in [6.07, 6.45) is 1.79. The zero-order chi connectivity index (χ0) is 18.8. The van der Waals surface area contributed by atoms with Crippen molar-refractivity contribution in [1.82, 2.24) is 14.5 Å². The maximum Gasteiger partial charge on any atom is 0.171 e. The van der Waals surface area contributed by atoms with E-state index < -0.39 is 0 Å². The van der Waals surface area contributed by atoms with E-state index in [-0.39, 0.29) is 6.73 Å². The Morgan fingerprint density at radius 2 is 1.85 bits per heavy atom. The van der Waals surface area contributed by atoms with Crippen LogP contribution in [0, 0.1) is 0 Å². The molecule has 138 valence electrons.